The maximum Gasteiger partial charge on any atom is 0.265 e. The number of nitrogens with one attached hydrogen (secondary N) is 1. The van der Waals surface area contributed by atoms with Crippen LogP contribution in [0.15, 0.2) is 41.6 Å². The first-order valence-electron chi connectivity index (χ1n) is 9.58. The molecule has 0 unspecified atom stereocenters. The van der Waals surface area contributed by atoms with Crippen LogP contribution in [-0.2, 0) is 4.79 Å². The van der Waals surface area contributed by atoms with Crippen molar-refractivity contribution in [2.24, 2.45) is 0 Å². The Bertz CT molecular complexity index is 1090. The van der Waals surface area contributed by atoms with Crippen molar-refractivity contribution in [1.29, 1.82) is 0 Å². The Labute approximate surface area is 166 Å². The van der Waals surface area contributed by atoms with Gasteiger partial charge in [0.1, 0.15) is 23.6 Å². The zero-order valence-corrected chi connectivity index (χ0v) is 16.0. The second-order valence-corrected chi connectivity index (χ2v) is 7.08. The minimum Gasteiger partial charge on any atom is -0.341 e. The van der Waals surface area contributed by atoms with Crippen molar-refractivity contribution in [2.45, 2.75) is 32.2 Å². The molecule has 0 radical (unpaired) electrons. The molecule has 150 valence electrons. The number of amides is 1. The van der Waals surface area contributed by atoms with Gasteiger partial charge in [-0.25, -0.2) is 14.4 Å². The Kier molecular flexibility index (Phi) is 5.20. The summed E-state index contributed by atoms with van der Waals surface area (Å²) in [5, 5.41) is 2.92. The number of rotatable bonds is 4. The van der Waals surface area contributed by atoms with Gasteiger partial charge in [0.05, 0.1) is 0 Å². The summed E-state index contributed by atoms with van der Waals surface area (Å²) in [5.74, 6) is -0.232. The summed E-state index contributed by atoms with van der Waals surface area (Å²) in [4.78, 5) is 40.5. The van der Waals surface area contributed by atoms with Crippen LogP contribution in [-0.4, -0.2) is 38.5 Å². The van der Waals surface area contributed by atoms with E-state index >= 15 is 0 Å². The number of hydrogen-bond acceptors (Lipinski definition) is 6. The second-order valence-electron chi connectivity index (χ2n) is 7.08. The van der Waals surface area contributed by atoms with Crippen LogP contribution in [0.25, 0.3) is 11.0 Å². The third-order valence-corrected chi connectivity index (χ3v) is 5.07. The van der Waals surface area contributed by atoms with Gasteiger partial charge in [0.15, 0.2) is 5.65 Å². The highest BCUT2D eigenvalue weighted by Crippen LogP contribution is 2.17. The van der Waals surface area contributed by atoms with E-state index in [1.807, 2.05) is 0 Å². The van der Waals surface area contributed by atoms with E-state index in [-0.39, 0.29) is 10.9 Å². The minimum absolute atomic E-state index is 0.259. The summed E-state index contributed by atoms with van der Waals surface area (Å²) in [5.41, 5.74) is 0.370. The Hall–Kier alpha value is -3.36. The van der Waals surface area contributed by atoms with Crippen LogP contribution in [0.2, 0.25) is 0 Å². The quantitative estimate of drug-likeness (QED) is 0.728. The Morgan fingerprint density at radius 3 is 2.59 bits per heavy atom. The third kappa shape index (κ3) is 3.94. The lowest BCUT2D eigenvalue weighted by atomic mass is 10.1. The van der Waals surface area contributed by atoms with Gasteiger partial charge in [0, 0.05) is 25.0 Å². The van der Waals surface area contributed by atoms with Gasteiger partial charge >= 0.3 is 0 Å². The first kappa shape index (κ1) is 19.0. The number of nitrogens with zero attached hydrogens (tertiary/aromatic N) is 5. The largest absolute Gasteiger partial charge is 0.341 e. The Morgan fingerprint density at radius 2 is 1.86 bits per heavy atom. The minimum atomic E-state index is -0.814. The predicted octanol–water partition coefficient (Wildman–Crippen LogP) is 2.52. The number of aromatic nitrogens is 4. The second kappa shape index (κ2) is 7.94. The standard InChI is InChI=1S/C20H21FN6O2/c1-13(18(28)24-15-7-5-14(21)6-8-15)27-12-23-17-16(19(27)29)11-22-20(25-17)26-9-3-2-4-10-26/h5-8,11-13H,2-4,9-10H2,1H3,(H,24,28)/t13-/m1/s1. The molecule has 29 heavy (non-hydrogen) atoms. The SMILES string of the molecule is C[C@H](C(=O)Nc1ccc(F)cc1)n1cnc2nc(N3CCCCC3)ncc2c1=O. The van der Waals surface area contributed by atoms with Crippen LogP contribution < -0.4 is 15.8 Å². The first-order chi connectivity index (χ1) is 14.0. The number of benzene rings is 1. The fourth-order valence-electron chi connectivity index (χ4n) is 3.35. The van der Waals surface area contributed by atoms with Gasteiger partial charge in [-0.2, -0.15) is 4.98 Å². The van der Waals surface area contributed by atoms with Crippen molar-refractivity contribution in [3.05, 3.63) is 53.0 Å². The molecule has 0 spiro atoms. The van der Waals surface area contributed by atoms with Crippen molar-refractivity contribution >= 4 is 28.6 Å². The molecule has 1 aliphatic rings. The first-order valence-corrected chi connectivity index (χ1v) is 9.58. The zero-order chi connectivity index (χ0) is 20.4. The monoisotopic (exact) mass is 396 g/mol. The number of hydrogen-bond donors (Lipinski definition) is 1. The Balaban J connectivity index is 1.58. The van der Waals surface area contributed by atoms with Crippen molar-refractivity contribution in [1.82, 2.24) is 19.5 Å². The van der Waals surface area contributed by atoms with Gasteiger partial charge in [-0.3, -0.25) is 14.2 Å². The number of halogens is 1. The zero-order valence-electron chi connectivity index (χ0n) is 16.0. The molecule has 3 aromatic rings. The van der Waals surface area contributed by atoms with E-state index < -0.39 is 17.8 Å². The van der Waals surface area contributed by atoms with E-state index in [9.17, 15) is 14.0 Å². The molecule has 0 aliphatic carbocycles. The lowest BCUT2D eigenvalue weighted by Gasteiger charge is -2.26. The molecule has 1 aliphatic heterocycles. The van der Waals surface area contributed by atoms with Crippen LogP contribution in [0.3, 0.4) is 0 Å². The van der Waals surface area contributed by atoms with Gasteiger partial charge in [0.2, 0.25) is 11.9 Å². The summed E-state index contributed by atoms with van der Waals surface area (Å²) in [6.07, 6.45) is 6.19. The topological polar surface area (TPSA) is 93.0 Å². The highest BCUT2D eigenvalue weighted by molar-refractivity contribution is 5.93. The van der Waals surface area contributed by atoms with Gasteiger partial charge < -0.3 is 10.2 Å². The Morgan fingerprint density at radius 1 is 1.14 bits per heavy atom. The molecule has 2 aromatic heterocycles. The smallest absolute Gasteiger partial charge is 0.265 e. The molecule has 4 rings (SSSR count). The molecule has 9 heteroatoms. The van der Waals surface area contributed by atoms with Gasteiger partial charge in [-0.05, 0) is 50.5 Å². The summed E-state index contributed by atoms with van der Waals surface area (Å²) >= 11 is 0. The molecular formula is C20H21FN6O2. The average molecular weight is 396 g/mol. The van der Waals surface area contributed by atoms with E-state index in [1.54, 1.807) is 6.92 Å². The van der Waals surface area contributed by atoms with E-state index in [2.05, 4.69) is 25.2 Å². The van der Waals surface area contributed by atoms with Gasteiger partial charge in [0.25, 0.3) is 5.56 Å². The molecule has 1 aromatic carbocycles. The van der Waals surface area contributed by atoms with Crippen molar-refractivity contribution < 1.29 is 9.18 Å². The number of anilines is 2. The summed E-state index contributed by atoms with van der Waals surface area (Å²) in [6, 6.07) is 4.60. The summed E-state index contributed by atoms with van der Waals surface area (Å²) in [6.45, 7) is 3.38. The van der Waals surface area contributed by atoms with E-state index in [0.717, 1.165) is 25.9 Å². The lowest BCUT2D eigenvalue weighted by molar-refractivity contribution is -0.118. The number of carbonyl (C=O) groups excluding carboxylic acids is 1. The van der Waals surface area contributed by atoms with Crippen LogP contribution in [0.4, 0.5) is 16.0 Å². The van der Waals surface area contributed by atoms with E-state index in [1.165, 1.54) is 47.8 Å². The maximum absolute atomic E-state index is 13.0. The molecule has 1 fully saturated rings. The molecule has 1 amide bonds. The molecule has 0 saturated carbocycles. The average Bonchev–Trinajstić information content (AvgIpc) is 2.75. The molecule has 3 heterocycles. The van der Waals surface area contributed by atoms with Crippen molar-refractivity contribution in [2.75, 3.05) is 23.3 Å². The van der Waals surface area contributed by atoms with Crippen LogP contribution in [0.1, 0.15) is 32.2 Å². The molecule has 8 nitrogen and oxygen atoms in total. The normalized spacial score (nSPS) is 15.3. The van der Waals surface area contributed by atoms with Crippen LogP contribution >= 0.6 is 0 Å². The van der Waals surface area contributed by atoms with Crippen LogP contribution in [0.5, 0.6) is 0 Å². The predicted molar refractivity (Wildman–Crippen MR) is 107 cm³/mol. The highest BCUT2D eigenvalue weighted by atomic mass is 19.1. The van der Waals surface area contributed by atoms with Crippen molar-refractivity contribution in [3.63, 3.8) is 0 Å². The molecule has 1 atom stereocenters. The summed E-state index contributed by atoms with van der Waals surface area (Å²) in [7, 11) is 0. The van der Waals surface area contributed by atoms with Crippen molar-refractivity contribution in [3.8, 4) is 0 Å². The fourth-order valence-corrected chi connectivity index (χ4v) is 3.35. The molecule has 1 saturated heterocycles. The van der Waals surface area contributed by atoms with Crippen LogP contribution in [0, 0.1) is 5.82 Å². The van der Waals surface area contributed by atoms with Gasteiger partial charge in [-0.15, -0.1) is 0 Å². The number of carbonyl (C=O) groups is 1. The fraction of sp³-hybridized carbons (Fsp3) is 0.350. The highest BCUT2D eigenvalue weighted by Gasteiger charge is 2.20. The molecular weight excluding hydrogens is 375 g/mol. The third-order valence-electron chi connectivity index (χ3n) is 5.07. The number of fused-ring (bicyclic) bond motifs is 1. The maximum atomic E-state index is 13.0. The molecule has 0 bridgehead atoms. The molecule has 1 N–H and O–H groups in total. The van der Waals surface area contributed by atoms with Gasteiger partial charge in [-0.1, -0.05) is 0 Å². The van der Waals surface area contributed by atoms with E-state index in [0.29, 0.717) is 17.3 Å². The summed E-state index contributed by atoms with van der Waals surface area (Å²) < 4.78 is 14.3. The lowest BCUT2D eigenvalue weighted by Crippen LogP contribution is -2.33. The number of piperidine rings is 1. The van der Waals surface area contributed by atoms with E-state index in [4.69, 9.17) is 0 Å².